The normalized spacial score (nSPS) is 20.9. The van der Waals surface area contributed by atoms with E-state index in [0.717, 1.165) is 56.0 Å². The highest BCUT2D eigenvalue weighted by Gasteiger charge is 2.36. The number of carbonyl (C=O) groups is 2. The first-order valence-electron chi connectivity index (χ1n) is 10.0. The molecule has 3 rings (SSSR count). The van der Waals surface area contributed by atoms with Gasteiger partial charge in [0.2, 0.25) is 11.8 Å². The van der Waals surface area contributed by atoms with Gasteiger partial charge in [-0.15, -0.1) is 0 Å². The summed E-state index contributed by atoms with van der Waals surface area (Å²) in [6.45, 7) is 12.5. The molecule has 2 N–H and O–H groups in total. The van der Waals surface area contributed by atoms with E-state index in [1.807, 2.05) is 13.8 Å². The molecule has 148 valence electrons. The Kier molecular flexibility index (Phi) is 6.50. The summed E-state index contributed by atoms with van der Waals surface area (Å²) in [5.74, 6) is -0.198. The van der Waals surface area contributed by atoms with Crippen LogP contribution in [0.25, 0.3) is 0 Å². The highest BCUT2D eigenvalue weighted by molar-refractivity contribution is 6.01. The Morgan fingerprint density at radius 3 is 2.52 bits per heavy atom. The van der Waals surface area contributed by atoms with Gasteiger partial charge in [-0.3, -0.25) is 9.59 Å². The van der Waals surface area contributed by atoms with Gasteiger partial charge in [-0.05, 0) is 44.9 Å². The molecule has 0 bridgehead atoms. The number of rotatable bonds is 6. The van der Waals surface area contributed by atoms with Gasteiger partial charge in [0.1, 0.15) is 0 Å². The molecule has 6 nitrogen and oxygen atoms in total. The molecule has 2 amide bonds. The van der Waals surface area contributed by atoms with Crippen LogP contribution in [0.15, 0.2) is 12.1 Å². The topological polar surface area (TPSA) is 64.7 Å². The van der Waals surface area contributed by atoms with E-state index in [1.54, 1.807) is 4.90 Å². The smallest absolute Gasteiger partial charge is 0.227 e. The van der Waals surface area contributed by atoms with E-state index in [-0.39, 0.29) is 17.7 Å². The van der Waals surface area contributed by atoms with Crippen LogP contribution in [-0.4, -0.2) is 62.5 Å². The van der Waals surface area contributed by atoms with Crippen molar-refractivity contribution >= 4 is 17.5 Å². The zero-order valence-electron chi connectivity index (χ0n) is 16.8. The molecule has 0 saturated carbocycles. The van der Waals surface area contributed by atoms with Crippen LogP contribution in [0.5, 0.6) is 0 Å². The van der Waals surface area contributed by atoms with Crippen molar-refractivity contribution in [3.63, 3.8) is 0 Å². The third kappa shape index (κ3) is 4.87. The minimum Gasteiger partial charge on any atom is -0.356 e. The van der Waals surface area contributed by atoms with Crippen LogP contribution in [0, 0.1) is 26.7 Å². The average molecular weight is 373 g/mol. The fourth-order valence-corrected chi connectivity index (χ4v) is 4.29. The first-order chi connectivity index (χ1) is 13.0. The summed E-state index contributed by atoms with van der Waals surface area (Å²) < 4.78 is 0. The SMILES string of the molecule is Cc1cc(C)c(N2CC(C(=O)NCCCN3CCNCC3)CC2=O)c(C)c1. The van der Waals surface area contributed by atoms with Gasteiger partial charge in [0.05, 0.1) is 5.92 Å². The van der Waals surface area contributed by atoms with E-state index in [1.165, 1.54) is 5.56 Å². The first-order valence-corrected chi connectivity index (χ1v) is 10.0. The maximum Gasteiger partial charge on any atom is 0.227 e. The number of nitrogens with zero attached hydrogens (tertiary/aromatic N) is 2. The number of anilines is 1. The third-order valence-electron chi connectivity index (χ3n) is 5.56. The van der Waals surface area contributed by atoms with Gasteiger partial charge >= 0.3 is 0 Å². The van der Waals surface area contributed by atoms with Gasteiger partial charge in [-0.1, -0.05) is 17.7 Å². The maximum absolute atomic E-state index is 12.5. The second-order valence-electron chi connectivity index (χ2n) is 7.89. The largest absolute Gasteiger partial charge is 0.356 e. The van der Waals surface area contributed by atoms with Crippen molar-refractivity contribution in [2.75, 3.05) is 50.7 Å². The summed E-state index contributed by atoms with van der Waals surface area (Å²) in [7, 11) is 0. The molecule has 1 unspecified atom stereocenters. The second-order valence-corrected chi connectivity index (χ2v) is 7.89. The minimum absolute atomic E-state index is 0.00794. The predicted octanol–water partition coefficient (Wildman–Crippen LogP) is 1.38. The van der Waals surface area contributed by atoms with Crippen LogP contribution in [-0.2, 0) is 9.59 Å². The Hall–Kier alpha value is -1.92. The number of hydrogen-bond donors (Lipinski definition) is 2. The minimum atomic E-state index is -0.253. The summed E-state index contributed by atoms with van der Waals surface area (Å²) in [6.07, 6.45) is 1.25. The molecule has 1 atom stereocenters. The van der Waals surface area contributed by atoms with E-state index in [4.69, 9.17) is 0 Å². The highest BCUT2D eigenvalue weighted by atomic mass is 16.2. The molecule has 27 heavy (non-hydrogen) atoms. The Morgan fingerprint density at radius 2 is 1.85 bits per heavy atom. The predicted molar refractivity (Wildman–Crippen MR) is 108 cm³/mol. The first kappa shape index (κ1) is 19.8. The molecule has 1 aromatic rings. The second kappa shape index (κ2) is 8.85. The average Bonchev–Trinajstić information content (AvgIpc) is 3.00. The molecule has 2 saturated heterocycles. The van der Waals surface area contributed by atoms with Crippen molar-refractivity contribution in [2.45, 2.75) is 33.6 Å². The number of amides is 2. The molecule has 2 fully saturated rings. The Labute approximate surface area is 162 Å². The van der Waals surface area contributed by atoms with Gasteiger partial charge in [0.25, 0.3) is 0 Å². The standard InChI is InChI=1S/C21H32N4O2/c1-15-11-16(2)20(17(3)12-15)25-14-18(13-19(25)26)21(27)23-5-4-8-24-9-6-22-7-10-24/h11-12,18,22H,4-10,13-14H2,1-3H3,(H,23,27). The fourth-order valence-electron chi connectivity index (χ4n) is 4.29. The number of aryl methyl sites for hydroxylation is 3. The van der Waals surface area contributed by atoms with Crippen LogP contribution in [0.1, 0.15) is 29.5 Å². The van der Waals surface area contributed by atoms with E-state index in [2.05, 4.69) is 34.6 Å². The summed E-state index contributed by atoms with van der Waals surface area (Å²) in [5.41, 5.74) is 4.36. The Morgan fingerprint density at radius 1 is 1.19 bits per heavy atom. The van der Waals surface area contributed by atoms with Crippen LogP contribution >= 0.6 is 0 Å². The molecular weight excluding hydrogens is 340 g/mol. The zero-order valence-corrected chi connectivity index (χ0v) is 16.8. The number of carbonyl (C=O) groups excluding carboxylic acids is 2. The number of nitrogens with one attached hydrogen (secondary N) is 2. The fraction of sp³-hybridized carbons (Fsp3) is 0.619. The lowest BCUT2D eigenvalue weighted by Gasteiger charge is -2.27. The lowest BCUT2D eigenvalue weighted by molar-refractivity contribution is -0.126. The molecule has 1 aromatic carbocycles. The van der Waals surface area contributed by atoms with Gasteiger partial charge in [0, 0.05) is 51.4 Å². The third-order valence-corrected chi connectivity index (χ3v) is 5.56. The van der Waals surface area contributed by atoms with Crippen molar-refractivity contribution in [3.8, 4) is 0 Å². The monoisotopic (exact) mass is 372 g/mol. The summed E-state index contributed by atoms with van der Waals surface area (Å²) in [4.78, 5) is 29.3. The molecule has 0 aromatic heterocycles. The van der Waals surface area contributed by atoms with E-state index < -0.39 is 0 Å². The van der Waals surface area contributed by atoms with Gasteiger partial charge in [-0.25, -0.2) is 0 Å². The maximum atomic E-state index is 12.5. The molecule has 0 aliphatic carbocycles. The molecule has 2 aliphatic rings. The van der Waals surface area contributed by atoms with Gasteiger partial charge < -0.3 is 20.4 Å². The Balaban J connectivity index is 1.50. The quantitative estimate of drug-likeness (QED) is 0.741. The highest BCUT2D eigenvalue weighted by Crippen LogP contribution is 2.31. The summed E-state index contributed by atoms with van der Waals surface area (Å²) in [6, 6.07) is 4.19. The van der Waals surface area contributed by atoms with E-state index in [9.17, 15) is 9.59 Å². The molecular formula is C21H32N4O2. The van der Waals surface area contributed by atoms with Gasteiger partial charge in [0.15, 0.2) is 0 Å². The van der Waals surface area contributed by atoms with Crippen LogP contribution < -0.4 is 15.5 Å². The molecule has 0 radical (unpaired) electrons. The van der Waals surface area contributed by atoms with Crippen molar-refractivity contribution in [1.82, 2.24) is 15.5 Å². The van der Waals surface area contributed by atoms with Crippen molar-refractivity contribution in [1.29, 1.82) is 0 Å². The summed E-state index contributed by atoms with van der Waals surface area (Å²) in [5, 5.41) is 6.38. The number of hydrogen-bond acceptors (Lipinski definition) is 4. The van der Waals surface area contributed by atoms with Crippen LogP contribution in [0.4, 0.5) is 5.69 Å². The lowest BCUT2D eigenvalue weighted by Crippen LogP contribution is -2.44. The van der Waals surface area contributed by atoms with Crippen LogP contribution in [0.2, 0.25) is 0 Å². The van der Waals surface area contributed by atoms with E-state index >= 15 is 0 Å². The molecule has 6 heteroatoms. The zero-order chi connectivity index (χ0) is 19.4. The molecule has 0 spiro atoms. The van der Waals surface area contributed by atoms with Crippen molar-refractivity contribution < 1.29 is 9.59 Å². The number of piperazine rings is 1. The van der Waals surface area contributed by atoms with Gasteiger partial charge in [-0.2, -0.15) is 0 Å². The molecule has 2 aliphatic heterocycles. The molecule has 2 heterocycles. The van der Waals surface area contributed by atoms with Crippen molar-refractivity contribution in [2.24, 2.45) is 5.92 Å². The van der Waals surface area contributed by atoms with Crippen LogP contribution in [0.3, 0.4) is 0 Å². The lowest BCUT2D eigenvalue weighted by atomic mass is 10.0. The Bertz CT molecular complexity index is 674. The summed E-state index contributed by atoms with van der Waals surface area (Å²) >= 11 is 0. The number of benzene rings is 1. The van der Waals surface area contributed by atoms with Crippen molar-refractivity contribution in [3.05, 3.63) is 28.8 Å². The van der Waals surface area contributed by atoms with E-state index in [0.29, 0.717) is 19.5 Å².